The van der Waals surface area contributed by atoms with Gasteiger partial charge in [-0.25, -0.2) is 8.78 Å². The molecular weight excluding hydrogens is 224 g/mol. The fourth-order valence-corrected chi connectivity index (χ4v) is 1.11. The summed E-state index contributed by atoms with van der Waals surface area (Å²) in [5.41, 5.74) is -3.06. The molecule has 0 amide bonds. The number of nitrogens with zero attached hydrogens (tertiary/aromatic N) is 2. The van der Waals surface area contributed by atoms with Gasteiger partial charge in [0.05, 0.1) is 23.0 Å². The zero-order valence-electron chi connectivity index (χ0n) is 7.74. The zero-order valence-corrected chi connectivity index (χ0v) is 7.74. The van der Waals surface area contributed by atoms with Crippen LogP contribution in [0.5, 0.6) is 0 Å². The average Bonchev–Trinajstić information content (AvgIpc) is 2.17. The first-order chi connectivity index (χ1) is 7.47. The predicted octanol–water partition coefficient (Wildman–Crippen LogP) is 1.29. The summed E-state index contributed by atoms with van der Waals surface area (Å²) < 4.78 is 24.6. The van der Waals surface area contributed by atoms with E-state index in [2.05, 4.69) is 0 Å². The molecule has 0 unspecified atom stereocenters. The number of aromatic amines is 1. The van der Waals surface area contributed by atoms with Crippen LogP contribution in [0.2, 0.25) is 0 Å². The highest BCUT2D eigenvalue weighted by Gasteiger charge is 2.21. The fraction of sp³-hybridized carbons (Fsp3) is 0.250. The molecule has 0 atom stereocenters. The average molecular weight is 229 g/mol. The fourth-order valence-electron chi connectivity index (χ4n) is 1.11. The van der Waals surface area contributed by atoms with E-state index in [1.54, 1.807) is 6.07 Å². The van der Waals surface area contributed by atoms with Crippen molar-refractivity contribution in [2.45, 2.75) is 12.8 Å². The number of aromatic nitrogens is 1. The van der Waals surface area contributed by atoms with Crippen molar-refractivity contribution in [3.05, 3.63) is 37.8 Å². The number of alkyl halides is 2. The van der Waals surface area contributed by atoms with Crippen molar-refractivity contribution in [1.82, 2.24) is 4.98 Å². The van der Waals surface area contributed by atoms with Gasteiger partial charge < -0.3 is 4.98 Å². The standard InChI is InChI=1S/C8H5F2N3O3/c9-7(10)4-3-6(13(15)16)5(1-2-11)12-8(4)14/h3,7H,1H2,(H,12,14). The normalized spacial score (nSPS) is 10.1. The molecular formula is C8H5F2N3O3. The third-order valence-corrected chi connectivity index (χ3v) is 1.82. The number of H-pyrrole nitrogens is 1. The molecule has 0 bridgehead atoms. The maximum absolute atomic E-state index is 12.3. The summed E-state index contributed by atoms with van der Waals surface area (Å²) in [4.78, 5) is 22.6. The summed E-state index contributed by atoms with van der Waals surface area (Å²) in [6.45, 7) is 0. The van der Waals surface area contributed by atoms with Crippen molar-refractivity contribution in [2.24, 2.45) is 0 Å². The molecule has 0 radical (unpaired) electrons. The highest BCUT2D eigenvalue weighted by molar-refractivity contribution is 5.39. The van der Waals surface area contributed by atoms with Gasteiger partial charge in [-0.15, -0.1) is 0 Å². The van der Waals surface area contributed by atoms with Crippen molar-refractivity contribution in [3.8, 4) is 6.07 Å². The Morgan fingerprint density at radius 3 is 2.69 bits per heavy atom. The molecule has 0 aliphatic carbocycles. The molecule has 8 heteroatoms. The van der Waals surface area contributed by atoms with Crippen LogP contribution in [0.15, 0.2) is 10.9 Å². The van der Waals surface area contributed by atoms with E-state index in [1.165, 1.54) is 0 Å². The lowest BCUT2D eigenvalue weighted by Gasteiger charge is -2.02. The SMILES string of the molecule is N#CCc1[nH]c(=O)c(C(F)F)cc1[N+](=O)[O-]. The maximum Gasteiger partial charge on any atom is 0.290 e. The highest BCUT2D eigenvalue weighted by Crippen LogP contribution is 2.22. The minimum Gasteiger partial charge on any atom is -0.319 e. The number of nitro groups is 1. The molecule has 1 aromatic rings. The minimum atomic E-state index is -3.10. The molecule has 1 heterocycles. The number of pyridine rings is 1. The van der Waals surface area contributed by atoms with E-state index in [0.29, 0.717) is 6.07 Å². The van der Waals surface area contributed by atoms with Crippen molar-refractivity contribution in [1.29, 1.82) is 5.26 Å². The van der Waals surface area contributed by atoms with Gasteiger partial charge in [0.1, 0.15) is 5.69 Å². The van der Waals surface area contributed by atoms with Crippen LogP contribution in [0.1, 0.15) is 17.7 Å². The van der Waals surface area contributed by atoms with Crippen LogP contribution >= 0.6 is 0 Å². The molecule has 1 N–H and O–H groups in total. The molecule has 0 saturated heterocycles. The van der Waals surface area contributed by atoms with Gasteiger partial charge in [-0.2, -0.15) is 5.26 Å². The van der Waals surface area contributed by atoms with E-state index >= 15 is 0 Å². The van der Waals surface area contributed by atoms with Gasteiger partial charge in [-0.05, 0) is 0 Å². The third-order valence-electron chi connectivity index (χ3n) is 1.82. The summed E-state index contributed by atoms with van der Waals surface area (Å²) in [7, 11) is 0. The van der Waals surface area contributed by atoms with Crippen molar-refractivity contribution < 1.29 is 13.7 Å². The van der Waals surface area contributed by atoms with E-state index < -0.39 is 34.6 Å². The largest absolute Gasteiger partial charge is 0.319 e. The summed E-state index contributed by atoms with van der Waals surface area (Å²) >= 11 is 0. The summed E-state index contributed by atoms with van der Waals surface area (Å²) in [6.07, 6.45) is -3.52. The molecule has 0 aliphatic heterocycles. The Bertz CT molecular complexity index is 518. The molecule has 6 nitrogen and oxygen atoms in total. The van der Waals surface area contributed by atoms with Gasteiger partial charge in [0, 0.05) is 6.07 Å². The number of rotatable bonds is 3. The Morgan fingerprint density at radius 2 is 2.25 bits per heavy atom. The predicted molar refractivity (Wildman–Crippen MR) is 48.0 cm³/mol. The number of nitrogens with one attached hydrogen (secondary N) is 1. The molecule has 0 aliphatic rings. The Morgan fingerprint density at radius 1 is 1.62 bits per heavy atom. The first kappa shape index (κ1) is 11.8. The Hall–Kier alpha value is -2.30. The Labute approximate surface area is 87.3 Å². The van der Waals surface area contributed by atoms with Crippen LogP contribution in [0.25, 0.3) is 0 Å². The second-order valence-corrected chi connectivity index (χ2v) is 2.81. The van der Waals surface area contributed by atoms with Gasteiger partial charge >= 0.3 is 0 Å². The minimum absolute atomic E-state index is 0.276. The van der Waals surface area contributed by atoms with E-state index in [-0.39, 0.29) is 5.69 Å². The van der Waals surface area contributed by atoms with E-state index in [4.69, 9.17) is 5.26 Å². The van der Waals surface area contributed by atoms with Gasteiger partial charge in [-0.1, -0.05) is 0 Å². The molecule has 0 saturated carbocycles. The van der Waals surface area contributed by atoms with Gasteiger partial charge in [0.2, 0.25) is 0 Å². The van der Waals surface area contributed by atoms with Gasteiger partial charge in [0.15, 0.2) is 0 Å². The number of hydrogen-bond acceptors (Lipinski definition) is 4. The topological polar surface area (TPSA) is 99.8 Å². The van der Waals surface area contributed by atoms with Crippen LogP contribution in [0.3, 0.4) is 0 Å². The third kappa shape index (κ3) is 2.20. The van der Waals surface area contributed by atoms with Crippen molar-refractivity contribution >= 4 is 5.69 Å². The molecule has 0 spiro atoms. The van der Waals surface area contributed by atoms with Crippen LogP contribution < -0.4 is 5.56 Å². The first-order valence-electron chi connectivity index (χ1n) is 4.03. The molecule has 0 fully saturated rings. The van der Waals surface area contributed by atoms with Gasteiger partial charge in [-0.3, -0.25) is 14.9 Å². The van der Waals surface area contributed by atoms with Crippen molar-refractivity contribution in [3.63, 3.8) is 0 Å². The highest BCUT2D eigenvalue weighted by atomic mass is 19.3. The molecule has 1 rings (SSSR count). The lowest BCUT2D eigenvalue weighted by atomic mass is 10.2. The Kier molecular flexibility index (Phi) is 3.30. The van der Waals surface area contributed by atoms with Crippen molar-refractivity contribution in [2.75, 3.05) is 0 Å². The number of nitriles is 1. The molecule has 1 aromatic heterocycles. The monoisotopic (exact) mass is 229 g/mol. The van der Waals surface area contributed by atoms with Crippen LogP contribution in [-0.4, -0.2) is 9.91 Å². The zero-order chi connectivity index (χ0) is 12.3. The quantitative estimate of drug-likeness (QED) is 0.623. The summed E-state index contributed by atoms with van der Waals surface area (Å²) in [5, 5.41) is 18.9. The Balaban J connectivity index is 3.44. The summed E-state index contributed by atoms with van der Waals surface area (Å²) in [6, 6.07) is 2.09. The van der Waals surface area contributed by atoms with Crippen LogP contribution in [-0.2, 0) is 6.42 Å². The maximum atomic E-state index is 12.3. The van der Waals surface area contributed by atoms with E-state index in [1.807, 2.05) is 4.98 Å². The summed E-state index contributed by atoms with van der Waals surface area (Å²) in [5.74, 6) is 0. The van der Waals surface area contributed by atoms with E-state index in [9.17, 15) is 23.7 Å². The second-order valence-electron chi connectivity index (χ2n) is 2.81. The lowest BCUT2D eigenvalue weighted by Crippen LogP contribution is -2.16. The van der Waals surface area contributed by atoms with Gasteiger partial charge in [0.25, 0.3) is 17.7 Å². The molecule has 0 aromatic carbocycles. The first-order valence-corrected chi connectivity index (χ1v) is 4.03. The number of halogens is 2. The van der Waals surface area contributed by atoms with Crippen LogP contribution in [0.4, 0.5) is 14.5 Å². The van der Waals surface area contributed by atoms with Crippen LogP contribution in [0, 0.1) is 21.4 Å². The smallest absolute Gasteiger partial charge is 0.290 e. The second kappa shape index (κ2) is 4.48. The molecule has 84 valence electrons. The lowest BCUT2D eigenvalue weighted by molar-refractivity contribution is -0.386. The number of hydrogen-bond donors (Lipinski definition) is 1. The van der Waals surface area contributed by atoms with E-state index in [0.717, 1.165) is 0 Å². The molecule has 16 heavy (non-hydrogen) atoms.